The number of carbonyl (C=O) groups excluding carboxylic acids is 1. The zero-order chi connectivity index (χ0) is 13.3. The number of halogens is 2. The minimum atomic E-state index is -1.49. The van der Waals surface area contributed by atoms with Crippen molar-refractivity contribution in [2.24, 2.45) is 5.92 Å². The molecule has 0 aliphatic heterocycles. The smallest absolute Gasteiger partial charge is 0.405 e. The molecule has 0 bridgehead atoms. The molecular formula is C12H11BrFNO3. The summed E-state index contributed by atoms with van der Waals surface area (Å²) in [4.78, 5) is 22.3. The Kier molecular flexibility index (Phi) is 3.38. The van der Waals surface area contributed by atoms with E-state index in [-0.39, 0.29) is 11.5 Å². The summed E-state index contributed by atoms with van der Waals surface area (Å²) in [7, 11) is 0. The van der Waals surface area contributed by atoms with Gasteiger partial charge in [-0.25, -0.2) is 9.18 Å². The summed E-state index contributed by atoms with van der Waals surface area (Å²) in [6, 6.07) is 4.16. The van der Waals surface area contributed by atoms with Crippen LogP contribution in [-0.4, -0.2) is 17.5 Å². The van der Waals surface area contributed by atoms with Crippen LogP contribution in [0.1, 0.15) is 18.4 Å². The minimum Gasteiger partial charge on any atom is -0.465 e. The fourth-order valence-electron chi connectivity index (χ4n) is 2.11. The molecule has 1 aromatic carbocycles. The van der Waals surface area contributed by atoms with Gasteiger partial charge in [0.2, 0.25) is 0 Å². The van der Waals surface area contributed by atoms with Crippen molar-refractivity contribution in [2.75, 3.05) is 0 Å². The van der Waals surface area contributed by atoms with Crippen molar-refractivity contribution in [1.82, 2.24) is 5.32 Å². The van der Waals surface area contributed by atoms with Gasteiger partial charge in [0, 0.05) is 10.0 Å². The first-order valence-corrected chi connectivity index (χ1v) is 6.22. The molecule has 0 saturated heterocycles. The van der Waals surface area contributed by atoms with Gasteiger partial charge in [0.15, 0.2) is 6.29 Å². The van der Waals surface area contributed by atoms with E-state index in [9.17, 15) is 14.0 Å². The highest BCUT2D eigenvalue weighted by Gasteiger charge is 2.49. The maximum absolute atomic E-state index is 13.9. The highest BCUT2D eigenvalue weighted by atomic mass is 79.9. The molecule has 1 aliphatic carbocycles. The van der Waals surface area contributed by atoms with Gasteiger partial charge < -0.3 is 15.2 Å². The summed E-state index contributed by atoms with van der Waals surface area (Å²) in [5.41, 5.74) is -1.42. The van der Waals surface area contributed by atoms with Crippen molar-refractivity contribution in [2.45, 2.75) is 18.4 Å². The molecule has 0 radical (unpaired) electrons. The maximum atomic E-state index is 13.9. The van der Waals surface area contributed by atoms with Gasteiger partial charge in [-0.3, -0.25) is 0 Å². The highest BCUT2D eigenvalue weighted by molar-refractivity contribution is 9.10. The topological polar surface area (TPSA) is 66.4 Å². The van der Waals surface area contributed by atoms with E-state index in [1.807, 2.05) is 0 Å². The Balaban J connectivity index is 2.54. The van der Waals surface area contributed by atoms with Crippen LogP contribution in [0.25, 0.3) is 0 Å². The van der Waals surface area contributed by atoms with Crippen molar-refractivity contribution < 1.29 is 19.1 Å². The number of aldehydes is 1. The molecule has 2 N–H and O–H groups in total. The fraction of sp³-hybridized carbons (Fsp3) is 0.333. The molecule has 1 atom stereocenters. The summed E-state index contributed by atoms with van der Waals surface area (Å²) in [5.74, 6) is -0.777. The van der Waals surface area contributed by atoms with Crippen LogP contribution in [0.5, 0.6) is 0 Å². The van der Waals surface area contributed by atoms with E-state index in [4.69, 9.17) is 5.11 Å². The Morgan fingerprint density at radius 3 is 2.72 bits per heavy atom. The second-order valence-corrected chi connectivity index (χ2v) is 5.23. The predicted octanol–water partition coefficient (Wildman–Crippen LogP) is 2.66. The maximum Gasteiger partial charge on any atom is 0.405 e. The Morgan fingerprint density at radius 1 is 1.56 bits per heavy atom. The molecule has 1 fully saturated rings. The van der Waals surface area contributed by atoms with E-state index in [1.54, 1.807) is 0 Å². The molecule has 0 unspecified atom stereocenters. The number of rotatable bonds is 4. The largest absolute Gasteiger partial charge is 0.465 e. The van der Waals surface area contributed by atoms with Gasteiger partial charge in [-0.05, 0) is 37.0 Å². The van der Waals surface area contributed by atoms with Crippen LogP contribution < -0.4 is 5.32 Å². The van der Waals surface area contributed by atoms with Crippen LogP contribution in [0, 0.1) is 11.7 Å². The summed E-state index contributed by atoms with van der Waals surface area (Å²) in [5, 5.41) is 11.1. The van der Waals surface area contributed by atoms with Crippen molar-refractivity contribution in [1.29, 1.82) is 0 Å². The molecule has 2 rings (SSSR count). The summed E-state index contributed by atoms with van der Waals surface area (Å²) >= 11 is 3.20. The van der Waals surface area contributed by atoms with Crippen molar-refractivity contribution in [3.8, 4) is 0 Å². The molecule has 0 heterocycles. The quantitative estimate of drug-likeness (QED) is 0.839. The Labute approximate surface area is 111 Å². The van der Waals surface area contributed by atoms with Crippen LogP contribution in [0.15, 0.2) is 22.7 Å². The van der Waals surface area contributed by atoms with Crippen LogP contribution >= 0.6 is 15.9 Å². The van der Waals surface area contributed by atoms with Crippen molar-refractivity contribution >= 4 is 28.3 Å². The monoisotopic (exact) mass is 315 g/mol. The molecule has 1 saturated carbocycles. The lowest BCUT2D eigenvalue weighted by atomic mass is 9.86. The van der Waals surface area contributed by atoms with Gasteiger partial charge in [0.1, 0.15) is 11.4 Å². The van der Waals surface area contributed by atoms with E-state index in [0.29, 0.717) is 23.6 Å². The molecule has 1 aromatic rings. The standard InChI is InChI=1S/C12H11BrFNO3/c13-8-3-4-10(14)9(5-8)12(6-16,7-1-2-7)15-11(17)18/h3-7,15H,1-2H2,(H,17,18)/t12-/m1/s1. The number of benzene rings is 1. The van der Waals surface area contributed by atoms with Crippen molar-refractivity contribution in [3.63, 3.8) is 0 Å². The second-order valence-electron chi connectivity index (χ2n) is 4.32. The van der Waals surface area contributed by atoms with Gasteiger partial charge >= 0.3 is 6.09 Å². The zero-order valence-electron chi connectivity index (χ0n) is 9.32. The third-order valence-corrected chi connectivity index (χ3v) is 3.59. The molecular weight excluding hydrogens is 305 g/mol. The third-order valence-electron chi connectivity index (χ3n) is 3.10. The third kappa shape index (κ3) is 2.25. The Morgan fingerprint density at radius 2 is 2.22 bits per heavy atom. The number of nitrogens with one attached hydrogen (secondary N) is 1. The molecule has 18 heavy (non-hydrogen) atoms. The van der Waals surface area contributed by atoms with E-state index < -0.39 is 17.4 Å². The van der Waals surface area contributed by atoms with Gasteiger partial charge in [-0.2, -0.15) is 0 Å². The number of hydrogen-bond acceptors (Lipinski definition) is 2. The SMILES string of the molecule is O=C[C@](NC(=O)O)(c1cc(Br)ccc1F)C1CC1. The minimum absolute atomic E-state index is 0.0665. The molecule has 4 nitrogen and oxygen atoms in total. The van der Waals surface area contributed by atoms with Crippen LogP contribution in [0.4, 0.5) is 9.18 Å². The summed E-state index contributed by atoms with van der Waals surface area (Å²) < 4.78 is 14.5. The van der Waals surface area contributed by atoms with Gasteiger partial charge in [-0.1, -0.05) is 15.9 Å². The van der Waals surface area contributed by atoms with E-state index in [0.717, 1.165) is 0 Å². The fourth-order valence-corrected chi connectivity index (χ4v) is 2.47. The van der Waals surface area contributed by atoms with E-state index in [2.05, 4.69) is 21.2 Å². The molecule has 0 spiro atoms. The summed E-state index contributed by atoms with van der Waals surface area (Å²) in [6.45, 7) is 0. The lowest BCUT2D eigenvalue weighted by molar-refractivity contribution is -0.114. The van der Waals surface area contributed by atoms with E-state index >= 15 is 0 Å². The average molecular weight is 316 g/mol. The van der Waals surface area contributed by atoms with Crippen molar-refractivity contribution in [3.05, 3.63) is 34.1 Å². The predicted molar refractivity (Wildman–Crippen MR) is 65.7 cm³/mol. The average Bonchev–Trinajstić information content (AvgIpc) is 3.13. The number of carbonyl (C=O) groups is 2. The lowest BCUT2D eigenvalue weighted by Gasteiger charge is -2.29. The first-order chi connectivity index (χ1) is 8.49. The zero-order valence-corrected chi connectivity index (χ0v) is 10.9. The first-order valence-electron chi connectivity index (χ1n) is 5.42. The molecule has 1 aliphatic rings. The second kappa shape index (κ2) is 4.68. The normalized spacial score (nSPS) is 17.9. The van der Waals surface area contributed by atoms with Gasteiger partial charge in [-0.15, -0.1) is 0 Å². The van der Waals surface area contributed by atoms with Crippen LogP contribution in [0.2, 0.25) is 0 Å². The van der Waals surface area contributed by atoms with Gasteiger partial charge in [0.25, 0.3) is 0 Å². The number of hydrogen-bond donors (Lipinski definition) is 2. The Bertz CT molecular complexity index is 504. The first kappa shape index (κ1) is 13.0. The molecule has 1 amide bonds. The van der Waals surface area contributed by atoms with Crippen LogP contribution in [0.3, 0.4) is 0 Å². The number of carboxylic acid groups (broad SMARTS) is 1. The van der Waals surface area contributed by atoms with E-state index in [1.165, 1.54) is 18.2 Å². The van der Waals surface area contributed by atoms with Crippen LogP contribution in [-0.2, 0) is 10.3 Å². The molecule has 96 valence electrons. The summed E-state index contributed by atoms with van der Waals surface area (Å²) in [6.07, 6.45) is 0.549. The highest BCUT2D eigenvalue weighted by Crippen LogP contribution is 2.45. The molecule has 6 heteroatoms. The lowest BCUT2D eigenvalue weighted by Crippen LogP contribution is -2.49. The van der Waals surface area contributed by atoms with Gasteiger partial charge in [0.05, 0.1) is 0 Å². The number of amides is 1. The Hall–Kier alpha value is -1.43. The molecule has 0 aromatic heterocycles.